The van der Waals surface area contributed by atoms with E-state index in [1.54, 1.807) is 6.26 Å². The van der Waals surface area contributed by atoms with Crippen molar-refractivity contribution < 1.29 is 9.21 Å². The number of aromatic nitrogens is 1. The number of nitrogens with zero attached hydrogens (tertiary/aromatic N) is 2. The van der Waals surface area contributed by atoms with Crippen molar-refractivity contribution in [3.63, 3.8) is 0 Å². The van der Waals surface area contributed by atoms with E-state index < -0.39 is 0 Å². The van der Waals surface area contributed by atoms with Crippen LogP contribution in [0.4, 0.5) is 0 Å². The van der Waals surface area contributed by atoms with E-state index in [2.05, 4.69) is 18.2 Å². The molecule has 0 fully saturated rings. The second-order valence-electron chi connectivity index (χ2n) is 7.12. The van der Waals surface area contributed by atoms with Gasteiger partial charge in [-0.1, -0.05) is 54.1 Å². The predicted octanol–water partition coefficient (Wildman–Crippen LogP) is 5.13. The molecule has 0 bridgehead atoms. The molecule has 4 aromatic rings. The highest BCUT2D eigenvalue weighted by molar-refractivity contribution is 6.31. The molecule has 3 heterocycles. The van der Waals surface area contributed by atoms with Crippen LogP contribution in [0.15, 0.2) is 71.3 Å². The molecule has 0 radical (unpaired) electrons. The SMILES string of the molecule is O=C(c1cc2occc2n1Cc1ccccc1Cl)N1CCc2ccccc2C1. The lowest BCUT2D eigenvalue weighted by molar-refractivity contribution is 0.0724. The quantitative estimate of drug-likeness (QED) is 0.486. The summed E-state index contributed by atoms with van der Waals surface area (Å²) in [5.41, 5.74) is 5.77. The van der Waals surface area contributed by atoms with E-state index in [1.807, 2.05) is 51.9 Å². The Balaban J connectivity index is 1.52. The lowest BCUT2D eigenvalue weighted by atomic mass is 10.00. The topological polar surface area (TPSA) is 38.4 Å². The van der Waals surface area contributed by atoms with Gasteiger partial charge >= 0.3 is 0 Å². The lowest BCUT2D eigenvalue weighted by Gasteiger charge is -2.29. The fourth-order valence-electron chi connectivity index (χ4n) is 3.95. The van der Waals surface area contributed by atoms with Crippen LogP contribution in [-0.4, -0.2) is 21.9 Å². The maximum Gasteiger partial charge on any atom is 0.270 e. The van der Waals surface area contributed by atoms with E-state index >= 15 is 0 Å². The van der Waals surface area contributed by atoms with Crippen molar-refractivity contribution in [3.8, 4) is 0 Å². The van der Waals surface area contributed by atoms with Gasteiger partial charge in [0.15, 0.2) is 5.58 Å². The highest BCUT2D eigenvalue weighted by atomic mass is 35.5. The molecule has 0 saturated heterocycles. The molecule has 2 aromatic carbocycles. The molecular weight excluding hydrogens is 372 g/mol. The fourth-order valence-corrected chi connectivity index (χ4v) is 4.15. The minimum absolute atomic E-state index is 0.0213. The van der Waals surface area contributed by atoms with Gasteiger partial charge in [-0.2, -0.15) is 0 Å². The Morgan fingerprint density at radius 2 is 1.82 bits per heavy atom. The zero-order valence-corrected chi connectivity index (χ0v) is 16.0. The molecule has 140 valence electrons. The third kappa shape index (κ3) is 2.90. The van der Waals surface area contributed by atoms with Crippen molar-refractivity contribution in [2.45, 2.75) is 19.5 Å². The molecule has 2 aromatic heterocycles. The van der Waals surface area contributed by atoms with Gasteiger partial charge in [-0.25, -0.2) is 0 Å². The van der Waals surface area contributed by atoms with E-state index in [0.717, 1.165) is 17.5 Å². The number of amides is 1. The molecular formula is C23H19ClN2O2. The van der Waals surface area contributed by atoms with Gasteiger partial charge in [-0.15, -0.1) is 0 Å². The first-order valence-corrected chi connectivity index (χ1v) is 9.75. The monoisotopic (exact) mass is 390 g/mol. The number of rotatable bonds is 3. The smallest absolute Gasteiger partial charge is 0.270 e. The molecule has 0 saturated carbocycles. The van der Waals surface area contributed by atoms with Gasteiger partial charge < -0.3 is 13.9 Å². The first-order chi connectivity index (χ1) is 13.7. The Bertz CT molecular complexity index is 1170. The second-order valence-corrected chi connectivity index (χ2v) is 7.53. The summed E-state index contributed by atoms with van der Waals surface area (Å²) in [5, 5.41) is 0.693. The van der Waals surface area contributed by atoms with E-state index in [1.165, 1.54) is 11.1 Å². The van der Waals surface area contributed by atoms with E-state index in [9.17, 15) is 4.79 Å². The molecule has 1 amide bonds. The third-order valence-electron chi connectivity index (χ3n) is 5.45. The van der Waals surface area contributed by atoms with Crippen LogP contribution < -0.4 is 0 Å². The fraction of sp³-hybridized carbons (Fsp3) is 0.174. The number of benzene rings is 2. The van der Waals surface area contributed by atoms with Gasteiger partial charge in [0.1, 0.15) is 5.69 Å². The van der Waals surface area contributed by atoms with Crippen LogP contribution in [0.25, 0.3) is 11.1 Å². The minimum atomic E-state index is 0.0213. The first kappa shape index (κ1) is 17.1. The third-order valence-corrected chi connectivity index (χ3v) is 5.81. The number of fused-ring (bicyclic) bond motifs is 2. The summed E-state index contributed by atoms with van der Waals surface area (Å²) < 4.78 is 7.58. The predicted molar refractivity (Wildman–Crippen MR) is 110 cm³/mol. The van der Waals surface area contributed by atoms with Crippen molar-refractivity contribution in [1.29, 1.82) is 0 Å². The summed E-state index contributed by atoms with van der Waals surface area (Å²) >= 11 is 6.37. The molecule has 0 atom stereocenters. The Morgan fingerprint density at radius 1 is 1.04 bits per heavy atom. The highest BCUT2D eigenvalue weighted by Gasteiger charge is 2.26. The summed E-state index contributed by atoms with van der Waals surface area (Å²) in [5.74, 6) is 0.0213. The molecule has 28 heavy (non-hydrogen) atoms. The van der Waals surface area contributed by atoms with Crippen molar-refractivity contribution in [2.24, 2.45) is 0 Å². The summed E-state index contributed by atoms with van der Waals surface area (Å²) in [6.45, 7) is 1.87. The van der Waals surface area contributed by atoms with Crippen LogP contribution in [0.1, 0.15) is 27.2 Å². The van der Waals surface area contributed by atoms with Gasteiger partial charge in [0.2, 0.25) is 0 Å². The summed E-state index contributed by atoms with van der Waals surface area (Å²) in [7, 11) is 0. The van der Waals surface area contributed by atoms with Crippen molar-refractivity contribution in [2.75, 3.05) is 6.54 Å². The van der Waals surface area contributed by atoms with Crippen molar-refractivity contribution in [3.05, 3.63) is 94.3 Å². The average molecular weight is 391 g/mol. The van der Waals surface area contributed by atoms with Gasteiger partial charge in [0.05, 0.1) is 11.8 Å². The van der Waals surface area contributed by atoms with E-state index in [-0.39, 0.29) is 5.91 Å². The average Bonchev–Trinajstić information content (AvgIpc) is 3.31. The van der Waals surface area contributed by atoms with E-state index in [4.69, 9.17) is 16.0 Å². The summed E-state index contributed by atoms with van der Waals surface area (Å²) in [6.07, 6.45) is 2.53. The second kappa shape index (κ2) is 6.88. The van der Waals surface area contributed by atoms with Crippen LogP contribution in [0.5, 0.6) is 0 Å². The molecule has 4 nitrogen and oxygen atoms in total. The molecule has 5 heteroatoms. The maximum atomic E-state index is 13.4. The Kier molecular flexibility index (Phi) is 4.21. The largest absolute Gasteiger partial charge is 0.463 e. The maximum absolute atomic E-state index is 13.4. The molecule has 0 N–H and O–H groups in total. The molecule has 0 aliphatic carbocycles. The van der Waals surface area contributed by atoms with Gasteiger partial charge in [-0.05, 0) is 29.2 Å². The van der Waals surface area contributed by atoms with Crippen LogP contribution in [0.2, 0.25) is 5.02 Å². The molecule has 5 rings (SSSR count). The van der Waals surface area contributed by atoms with Gasteiger partial charge in [0, 0.05) is 36.8 Å². The standard InChI is InChI=1S/C23H19ClN2O2/c24-19-8-4-3-7-18(19)15-26-20-10-12-28-22(20)13-21(26)23(27)25-11-9-16-5-1-2-6-17(16)14-25/h1-8,10,12-13H,9,11,14-15H2. The Hall–Kier alpha value is -2.98. The van der Waals surface area contributed by atoms with Crippen LogP contribution in [-0.2, 0) is 19.5 Å². The van der Waals surface area contributed by atoms with Crippen LogP contribution in [0, 0.1) is 0 Å². The number of carbonyl (C=O) groups is 1. The molecule has 0 spiro atoms. The van der Waals surface area contributed by atoms with Crippen molar-refractivity contribution >= 4 is 28.6 Å². The zero-order chi connectivity index (χ0) is 19.1. The highest BCUT2D eigenvalue weighted by Crippen LogP contribution is 2.27. The van der Waals surface area contributed by atoms with Crippen molar-refractivity contribution in [1.82, 2.24) is 9.47 Å². The lowest BCUT2D eigenvalue weighted by Crippen LogP contribution is -2.37. The normalized spacial score (nSPS) is 13.7. The first-order valence-electron chi connectivity index (χ1n) is 9.37. The summed E-state index contributed by atoms with van der Waals surface area (Å²) in [4.78, 5) is 15.3. The number of carbonyl (C=O) groups excluding carboxylic acids is 1. The van der Waals surface area contributed by atoms with E-state index in [0.29, 0.717) is 35.9 Å². The molecule has 0 unspecified atom stereocenters. The number of hydrogen-bond donors (Lipinski definition) is 0. The molecule has 1 aliphatic rings. The number of hydrogen-bond acceptors (Lipinski definition) is 2. The summed E-state index contributed by atoms with van der Waals surface area (Å²) in [6, 6.07) is 19.8. The Labute approximate surface area is 167 Å². The number of halogens is 1. The number of furan rings is 1. The van der Waals surface area contributed by atoms with Gasteiger partial charge in [0.25, 0.3) is 5.91 Å². The minimum Gasteiger partial charge on any atom is -0.463 e. The van der Waals surface area contributed by atoms with Gasteiger partial charge in [-0.3, -0.25) is 4.79 Å². The van der Waals surface area contributed by atoms with Crippen LogP contribution >= 0.6 is 11.6 Å². The van der Waals surface area contributed by atoms with Crippen LogP contribution in [0.3, 0.4) is 0 Å². The molecule has 1 aliphatic heterocycles. The zero-order valence-electron chi connectivity index (χ0n) is 15.3. The Morgan fingerprint density at radius 3 is 2.68 bits per heavy atom.